The average Bonchev–Trinajstić information content (AvgIpc) is 2.77. The molecule has 0 radical (unpaired) electrons. The molecule has 0 bridgehead atoms. The van der Waals surface area contributed by atoms with Crippen LogP contribution in [0.25, 0.3) is 10.9 Å². The first-order valence-electron chi connectivity index (χ1n) is 6.58. The van der Waals surface area contributed by atoms with E-state index < -0.39 is 0 Å². The van der Waals surface area contributed by atoms with Crippen LogP contribution < -0.4 is 5.32 Å². The molecule has 0 saturated carbocycles. The van der Waals surface area contributed by atoms with Crippen molar-refractivity contribution in [3.63, 3.8) is 0 Å². The van der Waals surface area contributed by atoms with Gasteiger partial charge in [0.1, 0.15) is 12.1 Å². The quantitative estimate of drug-likeness (QED) is 0.792. The summed E-state index contributed by atoms with van der Waals surface area (Å²) in [5.41, 5.74) is 4.47. The van der Waals surface area contributed by atoms with Crippen LogP contribution in [0.4, 0.5) is 5.82 Å². The van der Waals surface area contributed by atoms with Crippen molar-refractivity contribution in [2.24, 2.45) is 7.05 Å². The van der Waals surface area contributed by atoms with E-state index >= 15 is 0 Å². The number of benzene rings is 1. The second-order valence-electron chi connectivity index (χ2n) is 4.92. The molecule has 0 unspecified atom stereocenters. The van der Waals surface area contributed by atoms with E-state index in [1.165, 1.54) is 11.1 Å². The Bertz CT molecular complexity index is 755. The normalized spacial score (nSPS) is 10.9. The van der Waals surface area contributed by atoms with Crippen molar-refractivity contribution in [2.75, 3.05) is 5.32 Å². The van der Waals surface area contributed by atoms with Gasteiger partial charge in [0.2, 0.25) is 0 Å². The third-order valence-corrected chi connectivity index (χ3v) is 3.65. The summed E-state index contributed by atoms with van der Waals surface area (Å²) in [6.45, 7) is 4.85. The number of hydrogen-bond acceptors (Lipinski definition) is 4. The van der Waals surface area contributed by atoms with Crippen LogP contribution >= 0.6 is 0 Å². The van der Waals surface area contributed by atoms with Gasteiger partial charge in [0.15, 0.2) is 0 Å². The summed E-state index contributed by atoms with van der Waals surface area (Å²) >= 11 is 0. The number of fused-ring (bicyclic) bond motifs is 1. The monoisotopic (exact) mass is 267 g/mol. The first-order chi connectivity index (χ1) is 9.66. The van der Waals surface area contributed by atoms with E-state index in [0.29, 0.717) is 6.54 Å². The maximum absolute atomic E-state index is 4.37. The van der Waals surface area contributed by atoms with Crippen LogP contribution in [0.2, 0.25) is 0 Å². The summed E-state index contributed by atoms with van der Waals surface area (Å²) in [5, 5.41) is 8.73. The lowest BCUT2D eigenvalue weighted by Crippen LogP contribution is -2.04. The van der Waals surface area contributed by atoms with Gasteiger partial charge in [-0.15, -0.1) is 0 Å². The molecular weight excluding hydrogens is 250 g/mol. The summed E-state index contributed by atoms with van der Waals surface area (Å²) in [5.74, 6) is 0.872. The highest BCUT2D eigenvalue weighted by molar-refractivity contribution is 5.91. The Kier molecular flexibility index (Phi) is 3.10. The highest BCUT2D eigenvalue weighted by Gasteiger charge is 2.08. The molecule has 2 aromatic heterocycles. The van der Waals surface area contributed by atoms with Gasteiger partial charge in [0.25, 0.3) is 0 Å². The molecule has 5 heteroatoms. The van der Waals surface area contributed by atoms with Crippen LogP contribution in [0.3, 0.4) is 0 Å². The Morgan fingerprint density at radius 1 is 1.20 bits per heavy atom. The van der Waals surface area contributed by atoms with Gasteiger partial charge in [-0.1, -0.05) is 12.1 Å². The Morgan fingerprint density at radius 2 is 2.05 bits per heavy atom. The van der Waals surface area contributed by atoms with Crippen molar-refractivity contribution >= 4 is 16.7 Å². The molecule has 0 fully saturated rings. The SMILES string of the molecule is Cc1cccc2ncnc(NCc3cnn(C)c3C)c12. The van der Waals surface area contributed by atoms with E-state index in [0.717, 1.165) is 22.4 Å². The number of aromatic nitrogens is 4. The first kappa shape index (κ1) is 12.6. The largest absolute Gasteiger partial charge is 0.365 e. The van der Waals surface area contributed by atoms with Crippen LogP contribution in [-0.2, 0) is 13.6 Å². The fourth-order valence-electron chi connectivity index (χ4n) is 2.31. The topological polar surface area (TPSA) is 55.6 Å². The van der Waals surface area contributed by atoms with Crippen molar-refractivity contribution in [3.05, 3.63) is 47.5 Å². The zero-order valence-corrected chi connectivity index (χ0v) is 11.9. The Balaban J connectivity index is 1.93. The van der Waals surface area contributed by atoms with Crippen LogP contribution in [0.15, 0.2) is 30.7 Å². The van der Waals surface area contributed by atoms with Crippen molar-refractivity contribution in [1.29, 1.82) is 0 Å². The maximum atomic E-state index is 4.37. The Hall–Kier alpha value is -2.43. The lowest BCUT2D eigenvalue weighted by molar-refractivity contribution is 0.738. The van der Waals surface area contributed by atoms with E-state index in [2.05, 4.69) is 40.3 Å². The Labute approximate surface area is 117 Å². The molecule has 0 aliphatic rings. The summed E-state index contributed by atoms with van der Waals surface area (Å²) in [7, 11) is 1.95. The molecule has 102 valence electrons. The van der Waals surface area contributed by atoms with E-state index in [9.17, 15) is 0 Å². The molecule has 3 aromatic rings. The minimum atomic E-state index is 0.708. The van der Waals surface area contributed by atoms with Gasteiger partial charge in [-0.2, -0.15) is 5.10 Å². The molecule has 0 saturated heterocycles. The summed E-state index contributed by atoms with van der Waals surface area (Å²) in [6.07, 6.45) is 3.48. The predicted molar refractivity (Wildman–Crippen MR) is 79.5 cm³/mol. The number of anilines is 1. The first-order valence-corrected chi connectivity index (χ1v) is 6.58. The van der Waals surface area contributed by atoms with Crippen LogP contribution in [0.1, 0.15) is 16.8 Å². The highest BCUT2D eigenvalue weighted by atomic mass is 15.3. The molecule has 1 aromatic carbocycles. The summed E-state index contributed by atoms with van der Waals surface area (Å²) in [4.78, 5) is 8.68. The van der Waals surface area contributed by atoms with Gasteiger partial charge in [-0.05, 0) is 25.5 Å². The third kappa shape index (κ3) is 2.11. The van der Waals surface area contributed by atoms with Crippen molar-refractivity contribution < 1.29 is 0 Å². The van der Waals surface area contributed by atoms with E-state index in [1.807, 2.05) is 30.1 Å². The molecule has 1 N–H and O–H groups in total. The molecule has 3 rings (SSSR count). The second kappa shape index (κ2) is 4.92. The Morgan fingerprint density at radius 3 is 2.80 bits per heavy atom. The maximum Gasteiger partial charge on any atom is 0.137 e. The van der Waals surface area contributed by atoms with Crippen molar-refractivity contribution in [1.82, 2.24) is 19.7 Å². The van der Waals surface area contributed by atoms with Gasteiger partial charge >= 0.3 is 0 Å². The molecular formula is C15H17N5. The highest BCUT2D eigenvalue weighted by Crippen LogP contribution is 2.23. The average molecular weight is 267 g/mol. The van der Waals surface area contributed by atoms with E-state index in [4.69, 9.17) is 0 Å². The second-order valence-corrected chi connectivity index (χ2v) is 4.92. The molecule has 5 nitrogen and oxygen atoms in total. The third-order valence-electron chi connectivity index (χ3n) is 3.65. The fraction of sp³-hybridized carbons (Fsp3) is 0.267. The van der Waals surface area contributed by atoms with E-state index in [1.54, 1.807) is 6.33 Å². The fourth-order valence-corrected chi connectivity index (χ4v) is 2.31. The van der Waals surface area contributed by atoms with Crippen LogP contribution in [-0.4, -0.2) is 19.7 Å². The van der Waals surface area contributed by atoms with Gasteiger partial charge in [-0.3, -0.25) is 4.68 Å². The number of nitrogens with zero attached hydrogens (tertiary/aromatic N) is 4. The number of hydrogen-bond donors (Lipinski definition) is 1. The van der Waals surface area contributed by atoms with Crippen LogP contribution in [0, 0.1) is 13.8 Å². The summed E-state index contributed by atoms with van der Waals surface area (Å²) < 4.78 is 1.88. The number of aryl methyl sites for hydroxylation is 2. The molecule has 0 atom stereocenters. The van der Waals surface area contributed by atoms with Gasteiger partial charge < -0.3 is 5.32 Å². The zero-order chi connectivity index (χ0) is 14.1. The number of rotatable bonds is 3. The van der Waals surface area contributed by atoms with Gasteiger partial charge in [0, 0.05) is 30.2 Å². The standard InChI is InChI=1S/C15H17N5/c1-10-5-4-6-13-14(10)15(18-9-17-13)16-7-12-8-19-20(3)11(12)2/h4-6,8-9H,7H2,1-3H3,(H,16,17,18). The molecule has 0 amide bonds. The smallest absolute Gasteiger partial charge is 0.137 e. The van der Waals surface area contributed by atoms with E-state index in [-0.39, 0.29) is 0 Å². The molecule has 0 spiro atoms. The minimum absolute atomic E-state index is 0.708. The molecule has 0 aliphatic carbocycles. The zero-order valence-electron chi connectivity index (χ0n) is 11.9. The lowest BCUT2D eigenvalue weighted by atomic mass is 10.1. The molecule has 0 aliphatic heterocycles. The molecule has 20 heavy (non-hydrogen) atoms. The van der Waals surface area contributed by atoms with Crippen molar-refractivity contribution in [2.45, 2.75) is 20.4 Å². The van der Waals surface area contributed by atoms with Gasteiger partial charge in [0.05, 0.1) is 11.7 Å². The predicted octanol–water partition coefficient (Wildman–Crippen LogP) is 2.59. The molecule has 2 heterocycles. The number of nitrogens with one attached hydrogen (secondary N) is 1. The minimum Gasteiger partial charge on any atom is -0.365 e. The van der Waals surface area contributed by atoms with Crippen LogP contribution in [0.5, 0.6) is 0 Å². The summed E-state index contributed by atoms with van der Waals surface area (Å²) in [6, 6.07) is 6.09. The van der Waals surface area contributed by atoms with Gasteiger partial charge in [-0.25, -0.2) is 9.97 Å². The lowest BCUT2D eigenvalue weighted by Gasteiger charge is -2.09. The van der Waals surface area contributed by atoms with Crippen molar-refractivity contribution in [3.8, 4) is 0 Å².